The molecule has 0 radical (unpaired) electrons. The molecule has 51 heavy (non-hydrogen) atoms. The van der Waals surface area contributed by atoms with Crippen LogP contribution in [-0.4, -0.2) is 149 Å². The van der Waals surface area contributed by atoms with Crippen LogP contribution >= 0.6 is 0 Å². The van der Waals surface area contributed by atoms with Gasteiger partial charge in [0.05, 0.1) is 35.9 Å². The van der Waals surface area contributed by atoms with E-state index in [2.05, 4.69) is 0 Å². The number of carbonyl (C=O) groups is 1. The Balaban J connectivity index is 1.85. The number of aliphatic hydroxyl groups is 4. The van der Waals surface area contributed by atoms with E-state index in [-0.39, 0.29) is 30.9 Å². The number of hydrogen-bond acceptors (Lipinski definition) is 14. The summed E-state index contributed by atoms with van der Waals surface area (Å²) in [6, 6.07) is -1.04. The number of esters is 1. The number of likely N-dealkylation sites (N-methyl/N-ethyl adjacent to an activating group) is 1. The molecule has 4 aliphatic rings. The molecule has 3 fully saturated rings. The van der Waals surface area contributed by atoms with Crippen LogP contribution in [0.2, 0.25) is 0 Å². The highest BCUT2D eigenvalue weighted by atomic mass is 16.7. The second-order valence-corrected chi connectivity index (χ2v) is 16.5. The van der Waals surface area contributed by atoms with Crippen molar-refractivity contribution in [2.75, 3.05) is 21.2 Å². The highest BCUT2D eigenvalue weighted by Crippen LogP contribution is 2.44. The molecule has 0 aromatic rings. The highest BCUT2D eigenvalue weighted by molar-refractivity contribution is 5.81. The van der Waals surface area contributed by atoms with Crippen molar-refractivity contribution in [1.29, 1.82) is 0 Å². The van der Waals surface area contributed by atoms with Crippen molar-refractivity contribution in [2.24, 2.45) is 22.7 Å². The number of aliphatic hydroxyl groups excluding tert-OH is 3. The van der Waals surface area contributed by atoms with Crippen molar-refractivity contribution in [2.45, 2.75) is 185 Å². The van der Waals surface area contributed by atoms with E-state index in [1.165, 1.54) is 14.0 Å². The van der Waals surface area contributed by atoms with E-state index in [4.69, 9.17) is 38.2 Å². The smallest absolute Gasteiger partial charge is 0.311 e. The van der Waals surface area contributed by atoms with E-state index >= 15 is 0 Å². The van der Waals surface area contributed by atoms with E-state index in [9.17, 15) is 25.2 Å². The van der Waals surface area contributed by atoms with Gasteiger partial charge in [-0.2, -0.15) is 0 Å². The molecule has 14 nitrogen and oxygen atoms in total. The normalized spacial score (nSPS) is 50.3. The van der Waals surface area contributed by atoms with Gasteiger partial charge in [-0.05, 0) is 75.4 Å². The Bertz CT molecular complexity index is 1220. The van der Waals surface area contributed by atoms with Crippen LogP contribution in [0.5, 0.6) is 0 Å². The fourth-order valence-corrected chi connectivity index (χ4v) is 8.61. The Morgan fingerprint density at radius 1 is 0.961 bits per heavy atom. The minimum Gasteiger partial charge on any atom is -0.472 e. The largest absolute Gasteiger partial charge is 0.472 e. The molecule has 4 N–H and O–H groups in total. The number of ether oxygens (including phenoxy) is 7. The average molecular weight is 731 g/mol. The summed E-state index contributed by atoms with van der Waals surface area (Å²) in [6.07, 6.45) is -7.53. The summed E-state index contributed by atoms with van der Waals surface area (Å²) < 4.78 is 44.5. The number of hydrogen-bond donors (Lipinski definition) is 4. The lowest BCUT2D eigenvalue weighted by Gasteiger charge is -2.48. The Morgan fingerprint density at radius 3 is 2.20 bits per heavy atom. The van der Waals surface area contributed by atoms with Gasteiger partial charge in [-0.25, -0.2) is 4.99 Å². The quantitative estimate of drug-likeness (QED) is 0.281. The first-order valence-corrected chi connectivity index (χ1v) is 18.7. The molecule has 2 bridgehead atoms. The van der Waals surface area contributed by atoms with Gasteiger partial charge in [-0.15, -0.1) is 0 Å². The summed E-state index contributed by atoms with van der Waals surface area (Å²) in [4.78, 5) is 20.9. The monoisotopic (exact) mass is 730 g/mol. The van der Waals surface area contributed by atoms with Crippen molar-refractivity contribution in [1.82, 2.24) is 4.90 Å². The lowest BCUT2D eigenvalue weighted by molar-refractivity contribution is -0.315. The summed E-state index contributed by atoms with van der Waals surface area (Å²) in [6.45, 7) is 17.8. The van der Waals surface area contributed by atoms with Crippen LogP contribution in [0, 0.1) is 17.8 Å². The number of cyclic esters (lactones) is 1. The fraction of sp³-hybridized carbons (Fsp3) is 0.946. The standard InChI is InChI=1S/C37H66N2O12/c1-14-25-37(10,44)29(41)22(6)38-32-18(2)16-36(9,51-32)31(50-34-27(40)24(39(11)12)15-19(3)46-34)20(4)28(21(5)33(43)48-25)49-26-17-35(8,45-13)30(42)23(7)47-26/h18-31,34,40-42,44H,14-17H2,1-13H3/t18?,19-,20-,21-,22-,23-,24+,25-,26?,27+,28+,29+,30-,31-,34?,35+,36-,37-/m1/s1. The summed E-state index contributed by atoms with van der Waals surface area (Å²) in [5, 5.41) is 45.5. The average Bonchev–Trinajstić information content (AvgIpc) is 3.35. The first-order valence-electron chi connectivity index (χ1n) is 18.7. The van der Waals surface area contributed by atoms with Gasteiger partial charge in [0.1, 0.15) is 41.7 Å². The van der Waals surface area contributed by atoms with E-state index in [0.717, 1.165) is 0 Å². The maximum Gasteiger partial charge on any atom is 0.311 e. The molecule has 296 valence electrons. The summed E-state index contributed by atoms with van der Waals surface area (Å²) >= 11 is 0. The minimum absolute atomic E-state index is 0.163. The molecule has 0 aromatic heterocycles. The molecule has 3 saturated heterocycles. The molecule has 4 rings (SSSR count). The van der Waals surface area contributed by atoms with Crippen molar-refractivity contribution < 1.29 is 58.4 Å². The first kappa shape index (κ1) is 42.3. The maximum atomic E-state index is 14.2. The molecule has 0 aliphatic carbocycles. The van der Waals surface area contributed by atoms with Crippen LogP contribution < -0.4 is 0 Å². The van der Waals surface area contributed by atoms with Gasteiger partial charge >= 0.3 is 5.97 Å². The molecule has 3 unspecified atom stereocenters. The number of methoxy groups -OCH3 is 1. The van der Waals surface area contributed by atoms with Crippen molar-refractivity contribution in [3.63, 3.8) is 0 Å². The van der Waals surface area contributed by atoms with Gasteiger partial charge in [0.25, 0.3) is 0 Å². The van der Waals surface area contributed by atoms with E-state index < -0.39 is 96.0 Å². The van der Waals surface area contributed by atoms with E-state index in [1.54, 1.807) is 34.6 Å². The Kier molecular flexibility index (Phi) is 13.4. The van der Waals surface area contributed by atoms with Crippen LogP contribution in [0.25, 0.3) is 0 Å². The summed E-state index contributed by atoms with van der Waals surface area (Å²) in [7, 11) is 5.33. The Labute approximate surface area is 304 Å². The molecule has 0 amide bonds. The fourth-order valence-electron chi connectivity index (χ4n) is 8.61. The van der Waals surface area contributed by atoms with Crippen LogP contribution in [0.3, 0.4) is 0 Å². The zero-order valence-corrected chi connectivity index (χ0v) is 32.9. The summed E-state index contributed by atoms with van der Waals surface area (Å²) in [5.74, 6) is -2.03. The lowest BCUT2D eigenvalue weighted by Crippen LogP contribution is -2.60. The molecular weight excluding hydrogens is 664 g/mol. The summed E-state index contributed by atoms with van der Waals surface area (Å²) in [5.41, 5.74) is -3.91. The van der Waals surface area contributed by atoms with Crippen molar-refractivity contribution in [3.05, 3.63) is 0 Å². The van der Waals surface area contributed by atoms with Crippen molar-refractivity contribution >= 4 is 11.9 Å². The maximum absolute atomic E-state index is 14.2. The molecule has 0 spiro atoms. The first-order chi connectivity index (χ1) is 23.6. The molecule has 0 aromatic carbocycles. The van der Waals surface area contributed by atoms with Crippen molar-refractivity contribution in [3.8, 4) is 0 Å². The molecule has 4 aliphatic heterocycles. The number of rotatable bonds is 7. The topological polar surface area (TPSA) is 178 Å². The third kappa shape index (κ3) is 8.60. The van der Waals surface area contributed by atoms with Crippen LogP contribution in [-0.2, 0) is 38.0 Å². The molecular formula is C37H66N2O12. The zero-order valence-electron chi connectivity index (χ0n) is 32.9. The van der Waals surface area contributed by atoms with Gasteiger partial charge in [0.2, 0.25) is 0 Å². The zero-order chi connectivity index (χ0) is 38.4. The Morgan fingerprint density at radius 2 is 1.61 bits per heavy atom. The van der Waals surface area contributed by atoms with Crippen LogP contribution in [0.15, 0.2) is 4.99 Å². The SMILES string of the molecule is CC[C@H]1OC(=O)[C@H](C)[C@@H](OC2C[C@](C)(OC)[C@H](O)[C@@H](C)O2)[C@@H](C)[C@@H](OC2O[C@H](C)C[C@H](N(C)C)[C@@H]2O)[C@@]2(C)CC(C)C(=N[C@H](C)[C@H](O)[C@]1(C)O)O2. The molecule has 4 heterocycles. The second kappa shape index (κ2) is 16.1. The van der Waals surface area contributed by atoms with E-state index in [1.807, 2.05) is 46.7 Å². The van der Waals surface area contributed by atoms with Crippen LogP contribution in [0.1, 0.15) is 94.9 Å². The van der Waals surface area contributed by atoms with Gasteiger partial charge in [0.15, 0.2) is 18.5 Å². The van der Waals surface area contributed by atoms with Gasteiger partial charge in [-0.3, -0.25) is 4.79 Å². The van der Waals surface area contributed by atoms with Crippen LogP contribution in [0.4, 0.5) is 0 Å². The molecule has 0 saturated carbocycles. The van der Waals surface area contributed by atoms with Gasteiger partial charge in [0, 0.05) is 37.8 Å². The lowest BCUT2D eigenvalue weighted by atomic mass is 9.79. The number of nitrogens with zero attached hydrogens (tertiary/aromatic N) is 2. The minimum atomic E-state index is -1.84. The third-order valence-electron chi connectivity index (χ3n) is 11.9. The molecule has 14 heteroatoms. The number of fused-ring (bicyclic) bond motifs is 2. The van der Waals surface area contributed by atoms with Gasteiger partial charge < -0.3 is 58.5 Å². The number of carbonyl (C=O) groups excluding carboxylic acids is 1. The predicted octanol–water partition coefficient (Wildman–Crippen LogP) is 2.41. The molecule has 18 atom stereocenters. The third-order valence-corrected chi connectivity index (χ3v) is 11.9. The van der Waals surface area contributed by atoms with Gasteiger partial charge in [-0.1, -0.05) is 20.8 Å². The Hall–Kier alpha value is -1.46. The van der Waals surface area contributed by atoms with E-state index in [0.29, 0.717) is 18.7 Å². The predicted molar refractivity (Wildman–Crippen MR) is 188 cm³/mol. The second-order valence-electron chi connectivity index (χ2n) is 16.5. The highest BCUT2D eigenvalue weighted by Gasteiger charge is 2.56. The number of aliphatic imine (C=N–C) groups is 1.